The molecular formula is C24H26N2O6S. The van der Waals surface area contributed by atoms with E-state index in [0.717, 1.165) is 27.7 Å². The molecule has 0 bridgehead atoms. The number of carbonyl (C=O) groups excluding carboxylic acids is 1. The fourth-order valence-corrected chi connectivity index (χ4v) is 4.63. The summed E-state index contributed by atoms with van der Waals surface area (Å²) in [6.07, 6.45) is 0.195. The summed E-state index contributed by atoms with van der Waals surface area (Å²) in [4.78, 5) is 20.4. The van der Waals surface area contributed by atoms with Crippen LogP contribution in [-0.2, 0) is 15.9 Å². The van der Waals surface area contributed by atoms with Crippen LogP contribution >= 0.6 is 11.3 Å². The van der Waals surface area contributed by atoms with Gasteiger partial charge in [0.05, 0.1) is 19.9 Å². The molecule has 2 aromatic carbocycles. The number of rotatable bonds is 9. The Balaban J connectivity index is 1.54. The Morgan fingerprint density at radius 3 is 2.42 bits per heavy atom. The number of nitrogens with zero attached hydrogens (tertiary/aromatic N) is 2. The topological polar surface area (TPSA) is 79.4 Å². The molecule has 0 atom stereocenters. The van der Waals surface area contributed by atoms with Gasteiger partial charge in [-0.1, -0.05) is 0 Å². The van der Waals surface area contributed by atoms with Crippen molar-refractivity contribution in [2.75, 3.05) is 46.5 Å². The minimum atomic E-state index is -0.484. The number of thiazole rings is 1. The summed E-state index contributed by atoms with van der Waals surface area (Å²) in [5.74, 6) is 1.79. The number of amides is 1. The first-order valence-electron chi connectivity index (χ1n) is 10.4. The maximum Gasteiger partial charge on any atom is 0.270 e. The fraction of sp³-hybridized carbons (Fsp3) is 0.333. The second-order valence-electron chi connectivity index (χ2n) is 7.28. The zero-order valence-electron chi connectivity index (χ0n) is 19.0. The summed E-state index contributed by atoms with van der Waals surface area (Å²) >= 11 is 1.41. The number of carbonyl (C=O) groups is 1. The van der Waals surface area contributed by atoms with Crippen LogP contribution in [0.2, 0.25) is 0 Å². The number of methoxy groups -OCH3 is 4. The largest absolute Gasteiger partial charge is 0.497 e. The van der Waals surface area contributed by atoms with E-state index in [2.05, 4.69) is 0 Å². The molecule has 1 aliphatic heterocycles. The zero-order chi connectivity index (χ0) is 23.4. The third-order valence-corrected chi connectivity index (χ3v) is 6.54. The molecule has 0 fully saturated rings. The van der Waals surface area contributed by atoms with Gasteiger partial charge >= 0.3 is 0 Å². The van der Waals surface area contributed by atoms with Crippen molar-refractivity contribution in [3.63, 3.8) is 0 Å². The number of hydrogen-bond donors (Lipinski definition) is 0. The summed E-state index contributed by atoms with van der Waals surface area (Å²) in [5, 5.41) is 0.824. The van der Waals surface area contributed by atoms with Crippen molar-refractivity contribution in [2.24, 2.45) is 0 Å². The molecule has 33 heavy (non-hydrogen) atoms. The molecule has 1 aromatic heterocycles. The molecule has 9 heteroatoms. The zero-order valence-corrected chi connectivity index (χ0v) is 19.8. The molecule has 3 aromatic rings. The molecule has 1 amide bonds. The van der Waals surface area contributed by atoms with Crippen LogP contribution in [0.25, 0.3) is 10.6 Å². The molecule has 1 aliphatic rings. The second kappa shape index (κ2) is 10.2. The van der Waals surface area contributed by atoms with Gasteiger partial charge in [-0.25, -0.2) is 4.98 Å². The Morgan fingerprint density at radius 2 is 1.76 bits per heavy atom. The van der Waals surface area contributed by atoms with E-state index in [1.165, 1.54) is 11.3 Å². The summed E-state index contributed by atoms with van der Waals surface area (Å²) in [5.41, 5.74) is 2.54. The molecule has 0 unspecified atom stereocenters. The van der Waals surface area contributed by atoms with Gasteiger partial charge in [-0.15, -0.1) is 11.3 Å². The van der Waals surface area contributed by atoms with Crippen LogP contribution in [0, 0.1) is 0 Å². The summed E-state index contributed by atoms with van der Waals surface area (Å²) in [7, 11) is 6.30. The molecule has 0 spiro atoms. The molecular weight excluding hydrogens is 444 g/mol. The first-order valence-corrected chi connectivity index (χ1v) is 11.2. The molecule has 2 heterocycles. The Kier molecular flexibility index (Phi) is 7.12. The van der Waals surface area contributed by atoms with Gasteiger partial charge in [0.15, 0.2) is 17.8 Å². The highest BCUT2D eigenvalue weighted by atomic mass is 32.1. The van der Waals surface area contributed by atoms with Crippen molar-refractivity contribution in [3.8, 4) is 27.8 Å². The predicted molar refractivity (Wildman–Crippen MR) is 126 cm³/mol. The van der Waals surface area contributed by atoms with Crippen molar-refractivity contribution in [1.29, 1.82) is 0 Å². The van der Waals surface area contributed by atoms with E-state index in [1.54, 1.807) is 45.5 Å². The number of anilines is 1. The van der Waals surface area contributed by atoms with Crippen LogP contribution < -0.4 is 19.1 Å². The van der Waals surface area contributed by atoms with E-state index in [0.29, 0.717) is 29.3 Å². The highest BCUT2D eigenvalue weighted by Crippen LogP contribution is 2.37. The molecule has 0 N–H and O–H groups in total. The highest BCUT2D eigenvalue weighted by Gasteiger charge is 2.30. The fourth-order valence-electron chi connectivity index (χ4n) is 3.57. The molecule has 0 saturated carbocycles. The second-order valence-corrected chi connectivity index (χ2v) is 8.28. The van der Waals surface area contributed by atoms with Crippen LogP contribution in [0.15, 0.2) is 42.5 Å². The predicted octanol–water partition coefficient (Wildman–Crippen LogP) is 4.03. The minimum Gasteiger partial charge on any atom is -0.497 e. The summed E-state index contributed by atoms with van der Waals surface area (Å²) in [6.45, 7) is 0.750. The molecule has 4 rings (SSSR count). The average molecular weight is 471 g/mol. The van der Waals surface area contributed by atoms with Crippen molar-refractivity contribution < 1.29 is 28.5 Å². The number of benzene rings is 2. The van der Waals surface area contributed by atoms with E-state index in [4.69, 9.17) is 28.7 Å². The van der Waals surface area contributed by atoms with E-state index < -0.39 is 6.29 Å². The van der Waals surface area contributed by atoms with E-state index >= 15 is 0 Å². The van der Waals surface area contributed by atoms with E-state index in [-0.39, 0.29) is 12.5 Å². The van der Waals surface area contributed by atoms with Gasteiger partial charge in [0.2, 0.25) is 0 Å². The van der Waals surface area contributed by atoms with Gasteiger partial charge in [-0.3, -0.25) is 4.79 Å². The SMILES string of the molecule is COc1ccc(-c2nc3c(s2)C(=O)N(c2ccc(OCC(OC)OC)c(OC)c2)CC3)cc1. The van der Waals surface area contributed by atoms with Gasteiger partial charge in [-0.2, -0.15) is 0 Å². The highest BCUT2D eigenvalue weighted by molar-refractivity contribution is 7.17. The summed E-state index contributed by atoms with van der Waals surface area (Å²) in [6, 6.07) is 13.1. The van der Waals surface area contributed by atoms with Gasteiger partial charge in [0.25, 0.3) is 5.91 Å². The lowest BCUT2D eigenvalue weighted by Crippen LogP contribution is -2.36. The van der Waals surface area contributed by atoms with Gasteiger partial charge in [0, 0.05) is 44.5 Å². The quantitative estimate of drug-likeness (QED) is 0.437. The monoisotopic (exact) mass is 470 g/mol. The lowest BCUT2D eigenvalue weighted by Gasteiger charge is -2.26. The molecule has 0 radical (unpaired) electrons. The van der Waals surface area contributed by atoms with Crippen molar-refractivity contribution >= 4 is 22.9 Å². The number of fused-ring (bicyclic) bond motifs is 1. The van der Waals surface area contributed by atoms with Crippen molar-refractivity contribution in [1.82, 2.24) is 4.98 Å². The van der Waals surface area contributed by atoms with E-state index in [1.807, 2.05) is 30.3 Å². The molecule has 174 valence electrons. The maximum atomic E-state index is 13.3. The van der Waals surface area contributed by atoms with Crippen molar-refractivity contribution in [3.05, 3.63) is 53.0 Å². The first-order chi connectivity index (χ1) is 16.1. The third-order valence-electron chi connectivity index (χ3n) is 5.41. The lowest BCUT2D eigenvalue weighted by molar-refractivity contribution is -0.122. The smallest absolute Gasteiger partial charge is 0.270 e. The van der Waals surface area contributed by atoms with Crippen LogP contribution in [-0.4, -0.2) is 58.8 Å². The van der Waals surface area contributed by atoms with Crippen LogP contribution in [0.5, 0.6) is 17.2 Å². The Labute approximate surface area is 196 Å². The summed E-state index contributed by atoms with van der Waals surface area (Å²) < 4.78 is 26.8. The lowest BCUT2D eigenvalue weighted by atomic mass is 10.1. The minimum absolute atomic E-state index is 0.0666. The number of aromatic nitrogens is 1. The molecule has 0 saturated heterocycles. The standard InChI is InChI=1S/C24H26N2O6S/c1-28-17-8-5-15(6-9-17)23-25-18-11-12-26(24(27)22(18)33-23)16-7-10-19(20(13-16)29-2)32-14-21(30-3)31-4/h5-10,13,21H,11-12,14H2,1-4H3. The Hall–Kier alpha value is -3.14. The first kappa shape index (κ1) is 23.0. The maximum absolute atomic E-state index is 13.3. The van der Waals surface area contributed by atoms with Gasteiger partial charge in [0.1, 0.15) is 22.2 Å². The normalized spacial score (nSPS) is 13.2. The number of hydrogen-bond acceptors (Lipinski definition) is 8. The van der Waals surface area contributed by atoms with Gasteiger partial charge < -0.3 is 28.6 Å². The van der Waals surface area contributed by atoms with E-state index in [9.17, 15) is 4.79 Å². The third kappa shape index (κ3) is 4.80. The van der Waals surface area contributed by atoms with Crippen LogP contribution in [0.3, 0.4) is 0 Å². The molecule has 8 nitrogen and oxygen atoms in total. The van der Waals surface area contributed by atoms with Crippen LogP contribution in [0.4, 0.5) is 5.69 Å². The van der Waals surface area contributed by atoms with Crippen molar-refractivity contribution in [2.45, 2.75) is 12.7 Å². The Morgan fingerprint density at radius 1 is 1.00 bits per heavy atom. The van der Waals surface area contributed by atoms with Gasteiger partial charge in [-0.05, 0) is 36.4 Å². The number of ether oxygens (including phenoxy) is 5. The molecule has 0 aliphatic carbocycles. The average Bonchev–Trinajstić information content (AvgIpc) is 3.30. The Bertz CT molecular complexity index is 1110. The van der Waals surface area contributed by atoms with Crippen LogP contribution in [0.1, 0.15) is 15.4 Å².